The standard InChI is InChI=1S/C14H21ClN2O2/c1-17(11-14-10-16-6-8-18-14)7-9-19-13-4-2-12(15)3-5-13/h2-5,14,16H,6-11H2,1H3. The van der Waals surface area contributed by atoms with Crippen LogP contribution in [0.4, 0.5) is 0 Å². The molecule has 1 N–H and O–H groups in total. The van der Waals surface area contributed by atoms with Crippen molar-refractivity contribution in [1.82, 2.24) is 10.2 Å². The van der Waals surface area contributed by atoms with Gasteiger partial charge in [0.25, 0.3) is 0 Å². The first kappa shape index (κ1) is 14.6. The average molecular weight is 285 g/mol. The van der Waals surface area contributed by atoms with Gasteiger partial charge in [0.05, 0.1) is 12.7 Å². The number of nitrogens with zero attached hydrogens (tertiary/aromatic N) is 1. The van der Waals surface area contributed by atoms with Crippen LogP contribution in [0.5, 0.6) is 5.75 Å². The fourth-order valence-electron chi connectivity index (χ4n) is 2.03. The summed E-state index contributed by atoms with van der Waals surface area (Å²) in [4.78, 5) is 2.23. The van der Waals surface area contributed by atoms with Crippen LogP contribution >= 0.6 is 11.6 Å². The van der Waals surface area contributed by atoms with E-state index in [2.05, 4.69) is 17.3 Å². The maximum atomic E-state index is 5.82. The second-order valence-corrected chi connectivity index (χ2v) is 5.20. The van der Waals surface area contributed by atoms with Crippen LogP contribution in [-0.4, -0.2) is 57.4 Å². The number of nitrogens with one attached hydrogen (secondary N) is 1. The van der Waals surface area contributed by atoms with Gasteiger partial charge in [0.15, 0.2) is 0 Å². The number of hydrogen-bond donors (Lipinski definition) is 1. The Kier molecular flexibility index (Phi) is 5.92. The quantitative estimate of drug-likeness (QED) is 0.861. The molecule has 1 saturated heterocycles. The number of ether oxygens (including phenoxy) is 2. The summed E-state index contributed by atoms with van der Waals surface area (Å²) in [5.41, 5.74) is 0. The fraction of sp³-hybridized carbons (Fsp3) is 0.571. The topological polar surface area (TPSA) is 33.7 Å². The van der Waals surface area contributed by atoms with Crippen molar-refractivity contribution in [1.29, 1.82) is 0 Å². The molecule has 0 amide bonds. The summed E-state index contributed by atoms with van der Waals surface area (Å²) < 4.78 is 11.3. The third-order valence-corrected chi connectivity index (χ3v) is 3.33. The summed E-state index contributed by atoms with van der Waals surface area (Å²) in [6, 6.07) is 7.44. The van der Waals surface area contributed by atoms with Gasteiger partial charge in [0.2, 0.25) is 0 Å². The number of benzene rings is 1. The van der Waals surface area contributed by atoms with Crippen LogP contribution in [0.1, 0.15) is 0 Å². The highest BCUT2D eigenvalue weighted by atomic mass is 35.5. The van der Waals surface area contributed by atoms with Crippen molar-refractivity contribution >= 4 is 11.6 Å². The van der Waals surface area contributed by atoms with Crippen LogP contribution < -0.4 is 10.1 Å². The summed E-state index contributed by atoms with van der Waals surface area (Å²) in [5, 5.41) is 4.06. The van der Waals surface area contributed by atoms with Gasteiger partial charge in [-0.15, -0.1) is 0 Å². The Morgan fingerprint density at radius 3 is 2.89 bits per heavy atom. The van der Waals surface area contributed by atoms with Gasteiger partial charge in [-0.2, -0.15) is 0 Å². The Balaban J connectivity index is 1.63. The summed E-state index contributed by atoms with van der Waals surface area (Å²) in [7, 11) is 2.09. The molecule has 5 heteroatoms. The molecule has 19 heavy (non-hydrogen) atoms. The van der Waals surface area contributed by atoms with Crippen LogP contribution in [0.2, 0.25) is 5.02 Å². The number of hydrogen-bond acceptors (Lipinski definition) is 4. The summed E-state index contributed by atoms with van der Waals surface area (Å²) >= 11 is 5.82. The van der Waals surface area contributed by atoms with Gasteiger partial charge in [-0.3, -0.25) is 0 Å². The second-order valence-electron chi connectivity index (χ2n) is 4.76. The molecule has 0 spiro atoms. The van der Waals surface area contributed by atoms with Crippen LogP contribution in [0.3, 0.4) is 0 Å². The molecule has 0 saturated carbocycles. The van der Waals surface area contributed by atoms with Crippen LogP contribution in [0, 0.1) is 0 Å². The minimum atomic E-state index is 0.286. The van der Waals surface area contributed by atoms with Crippen LogP contribution in [0.25, 0.3) is 0 Å². The maximum Gasteiger partial charge on any atom is 0.119 e. The highest BCUT2D eigenvalue weighted by Gasteiger charge is 2.15. The Morgan fingerprint density at radius 1 is 1.42 bits per heavy atom. The first-order valence-electron chi connectivity index (χ1n) is 6.63. The molecule has 106 valence electrons. The normalized spacial score (nSPS) is 19.6. The molecular formula is C14H21ClN2O2. The van der Waals surface area contributed by atoms with Gasteiger partial charge in [0, 0.05) is 31.2 Å². The highest BCUT2D eigenvalue weighted by Crippen LogP contribution is 2.15. The minimum absolute atomic E-state index is 0.286. The molecule has 0 radical (unpaired) electrons. The van der Waals surface area contributed by atoms with E-state index in [0.717, 1.165) is 43.6 Å². The predicted octanol–water partition coefficient (Wildman–Crippen LogP) is 1.64. The van der Waals surface area contributed by atoms with Gasteiger partial charge >= 0.3 is 0 Å². The van der Waals surface area contributed by atoms with Gasteiger partial charge < -0.3 is 19.7 Å². The molecular weight excluding hydrogens is 264 g/mol. The first-order chi connectivity index (χ1) is 9.24. The second kappa shape index (κ2) is 7.70. The van der Waals surface area contributed by atoms with Crippen molar-refractivity contribution in [3.63, 3.8) is 0 Å². The van der Waals surface area contributed by atoms with E-state index in [-0.39, 0.29) is 6.10 Å². The molecule has 1 fully saturated rings. The van der Waals surface area contributed by atoms with Gasteiger partial charge in [0.1, 0.15) is 12.4 Å². The van der Waals surface area contributed by atoms with E-state index < -0.39 is 0 Å². The van der Waals surface area contributed by atoms with E-state index >= 15 is 0 Å². The lowest BCUT2D eigenvalue weighted by atomic mass is 10.3. The number of likely N-dealkylation sites (N-methyl/N-ethyl adjacent to an activating group) is 1. The van der Waals surface area contributed by atoms with Gasteiger partial charge in [-0.25, -0.2) is 0 Å². The van der Waals surface area contributed by atoms with E-state index in [4.69, 9.17) is 21.1 Å². The lowest BCUT2D eigenvalue weighted by Gasteiger charge is -2.27. The van der Waals surface area contributed by atoms with Crippen LogP contribution in [0.15, 0.2) is 24.3 Å². The number of morpholine rings is 1. The molecule has 1 heterocycles. The molecule has 1 aliphatic heterocycles. The van der Waals surface area contributed by atoms with Crippen molar-refractivity contribution in [2.45, 2.75) is 6.10 Å². The SMILES string of the molecule is CN(CCOc1ccc(Cl)cc1)CC1CNCCO1. The molecule has 1 unspecified atom stereocenters. The van der Waals surface area contributed by atoms with Crippen LogP contribution in [-0.2, 0) is 4.74 Å². The summed E-state index contributed by atoms with van der Waals surface area (Å²) in [5.74, 6) is 0.855. The van der Waals surface area contributed by atoms with Gasteiger partial charge in [-0.1, -0.05) is 11.6 Å². The zero-order valence-corrected chi connectivity index (χ0v) is 12.0. The molecule has 1 atom stereocenters. The molecule has 0 aliphatic carbocycles. The zero-order chi connectivity index (χ0) is 13.5. The maximum absolute atomic E-state index is 5.82. The Hall–Kier alpha value is -0.810. The Bertz CT molecular complexity index is 366. The van der Waals surface area contributed by atoms with E-state index in [0.29, 0.717) is 6.61 Å². The average Bonchev–Trinajstić information content (AvgIpc) is 2.42. The van der Waals surface area contributed by atoms with Crippen molar-refractivity contribution < 1.29 is 9.47 Å². The molecule has 1 aromatic carbocycles. The largest absolute Gasteiger partial charge is 0.492 e. The third-order valence-electron chi connectivity index (χ3n) is 3.08. The van der Waals surface area contributed by atoms with Crippen molar-refractivity contribution in [2.75, 3.05) is 46.4 Å². The molecule has 4 nitrogen and oxygen atoms in total. The minimum Gasteiger partial charge on any atom is -0.492 e. The third kappa shape index (κ3) is 5.37. The first-order valence-corrected chi connectivity index (χ1v) is 7.01. The molecule has 1 aromatic rings. The summed E-state index contributed by atoms with van der Waals surface area (Å²) in [6.07, 6.45) is 0.286. The molecule has 1 aliphatic rings. The van der Waals surface area contributed by atoms with Crippen molar-refractivity contribution in [3.05, 3.63) is 29.3 Å². The number of rotatable bonds is 6. The fourth-order valence-corrected chi connectivity index (χ4v) is 2.15. The predicted molar refractivity (Wildman–Crippen MR) is 77.1 cm³/mol. The van der Waals surface area contributed by atoms with Crippen molar-refractivity contribution in [3.8, 4) is 5.75 Å². The van der Waals surface area contributed by atoms with E-state index in [1.54, 1.807) is 0 Å². The molecule has 0 aromatic heterocycles. The zero-order valence-electron chi connectivity index (χ0n) is 11.3. The molecule has 2 rings (SSSR count). The van der Waals surface area contributed by atoms with E-state index in [1.807, 2.05) is 24.3 Å². The lowest BCUT2D eigenvalue weighted by Crippen LogP contribution is -2.45. The van der Waals surface area contributed by atoms with E-state index in [9.17, 15) is 0 Å². The molecule has 0 bridgehead atoms. The van der Waals surface area contributed by atoms with Gasteiger partial charge in [-0.05, 0) is 31.3 Å². The smallest absolute Gasteiger partial charge is 0.119 e. The van der Waals surface area contributed by atoms with Crippen molar-refractivity contribution in [2.24, 2.45) is 0 Å². The highest BCUT2D eigenvalue weighted by molar-refractivity contribution is 6.30. The van der Waals surface area contributed by atoms with E-state index in [1.165, 1.54) is 0 Å². The Labute approximate surface area is 119 Å². The summed E-state index contributed by atoms with van der Waals surface area (Å²) in [6.45, 7) is 5.17. The monoisotopic (exact) mass is 284 g/mol. The Morgan fingerprint density at radius 2 is 2.21 bits per heavy atom. The number of halogens is 1. The lowest BCUT2D eigenvalue weighted by molar-refractivity contribution is 0.00848.